The number of sulfonamides is 1. The Kier molecular flexibility index (Phi) is 4.55. The van der Waals surface area contributed by atoms with Crippen LogP contribution in [0, 0.1) is 11.7 Å². The highest BCUT2D eigenvalue weighted by atomic mass is 35.5. The molecule has 1 aromatic carbocycles. The van der Waals surface area contributed by atoms with Gasteiger partial charge in [-0.1, -0.05) is 18.0 Å². The highest BCUT2D eigenvalue weighted by Gasteiger charge is 2.27. The van der Waals surface area contributed by atoms with Crippen molar-refractivity contribution in [2.75, 3.05) is 0 Å². The van der Waals surface area contributed by atoms with E-state index in [1.54, 1.807) is 0 Å². The molecule has 5 nitrogen and oxygen atoms in total. The average molecular weight is 335 g/mol. The number of carbonyl (C=O) groups is 1. The van der Waals surface area contributed by atoms with E-state index in [2.05, 4.69) is 5.32 Å². The van der Waals surface area contributed by atoms with Crippen molar-refractivity contribution >= 4 is 27.5 Å². The van der Waals surface area contributed by atoms with Gasteiger partial charge in [0.2, 0.25) is 10.0 Å². The maximum absolute atomic E-state index is 13.6. The van der Waals surface area contributed by atoms with Crippen LogP contribution in [0.5, 0.6) is 0 Å². The van der Waals surface area contributed by atoms with E-state index in [1.807, 2.05) is 6.92 Å². The van der Waals surface area contributed by atoms with Crippen molar-refractivity contribution in [3.63, 3.8) is 0 Å². The SMILES string of the molecule is CC(NC(=O)c1cc(S(N)(=O)=O)c(F)cc1Cl)C1CCC1. The largest absolute Gasteiger partial charge is 0.349 e. The smallest absolute Gasteiger partial charge is 0.253 e. The van der Waals surface area contributed by atoms with Gasteiger partial charge in [0.15, 0.2) is 0 Å². The molecule has 0 aromatic heterocycles. The Morgan fingerprint density at radius 2 is 2.10 bits per heavy atom. The van der Waals surface area contributed by atoms with Crippen LogP contribution in [-0.2, 0) is 10.0 Å². The van der Waals surface area contributed by atoms with Crippen molar-refractivity contribution in [3.8, 4) is 0 Å². The minimum atomic E-state index is -4.26. The van der Waals surface area contributed by atoms with Crippen molar-refractivity contribution in [1.29, 1.82) is 0 Å². The Morgan fingerprint density at radius 3 is 2.57 bits per heavy atom. The maximum Gasteiger partial charge on any atom is 0.253 e. The van der Waals surface area contributed by atoms with Gasteiger partial charge in [0.1, 0.15) is 10.7 Å². The molecule has 1 aliphatic carbocycles. The zero-order chi connectivity index (χ0) is 15.8. The number of benzene rings is 1. The fourth-order valence-electron chi connectivity index (χ4n) is 2.26. The molecule has 2 rings (SSSR count). The van der Waals surface area contributed by atoms with Gasteiger partial charge in [-0.25, -0.2) is 17.9 Å². The zero-order valence-electron chi connectivity index (χ0n) is 11.4. The normalized spacial score (nSPS) is 17.1. The Bertz CT molecular complexity index is 674. The molecule has 0 aliphatic heterocycles. The quantitative estimate of drug-likeness (QED) is 0.883. The standard InChI is InChI=1S/C13H16ClFN2O3S/c1-7(8-3-2-4-8)17-13(18)9-5-12(21(16,19)20)11(15)6-10(9)14/h5-8H,2-4H2,1H3,(H,17,18)(H2,16,19,20). The van der Waals surface area contributed by atoms with Gasteiger partial charge in [0.25, 0.3) is 5.91 Å². The Labute approximate surface area is 127 Å². The molecule has 1 aliphatic rings. The fourth-order valence-corrected chi connectivity index (χ4v) is 3.11. The first-order valence-corrected chi connectivity index (χ1v) is 8.45. The highest BCUT2D eigenvalue weighted by molar-refractivity contribution is 7.89. The molecule has 1 saturated carbocycles. The summed E-state index contributed by atoms with van der Waals surface area (Å²) in [5, 5.41) is 7.52. The molecule has 0 radical (unpaired) electrons. The van der Waals surface area contributed by atoms with Gasteiger partial charge in [0.05, 0.1) is 10.6 Å². The third-order valence-electron chi connectivity index (χ3n) is 3.79. The number of hydrogen-bond donors (Lipinski definition) is 2. The number of nitrogens with two attached hydrogens (primary N) is 1. The van der Waals surface area contributed by atoms with E-state index in [1.165, 1.54) is 0 Å². The number of rotatable bonds is 4. The topological polar surface area (TPSA) is 89.3 Å². The van der Waals surface area contributed by atoms with Crippen molar-refractivity contribution in [2.45, 2.75) is 37.1 Å². The minimum Gasteiger partial charge on any atom is -0.349 e. The third-order valence-corrected chi connectivity index (χ3v) is 5.03. The van der Waals surface area contributed by atoms with Gasteiger partial charge >= 0.3 is 0 Å². The summed E-state index contributed by atoms with van der Waals surface area (Å²) in [6.45, 7) is 1.87. The van der Waals surface area contributed by atoms with E-state index in [9.17, 15) is 17.6 Å². The molecule has 1 unspecified atom stereocenters. The maximum atomic E-state index is 13.6. The summed E-state index contributed by atoms with van der Waals surface area (Å²) < 4.78 is 36.1. The van der Waals surface area contributed by atoms with Crippen LogP contribution in [0.25, 0.3) is 0 Å². The zero-order valence-corrected chi connectivity index (χ0v) is 13.0. The van der Waals surface area contributed by atoms with Gasteiger partial charge in [-0.3, -0.25) is 4.79 Å². The fraction of sp³-hybridized carbons (Fsp3) is 0.462. The van der Waals surface area contributed by atoms with Crippen LogP contribution >= 0.6 is 11.6 Å². The molecular weight excluding hydrogens is 319 g/mol. The lowest BCUT2D eigenvalue weighted by molar-refractivity contribution is 0.0909. The molecule has 3 N–H and O–H groups in total. The lowest BCUT2D eigenvalue weighted by Gasteiger charge is -2.32. The molecule has 21 heavy (non-hydrogen) atoms. The van der Waals surface area contributed by atoms with Crippen molar-refractivity contribution < 1.29 is 17.6 Å². The second-order valence-electron chi connectivity index (χ2n) is 5.26. The van der Waals surface area contributed by atoms with Gasteiger partial charge in [-0.05, 0) is 37.8 Å². The van der Waals surface area contributed by atoms with Crippen LogP contribution in [-0.4, -0.2) is 20.4 Å². The molecular formula is C13H16ClFN2O3S. The number of carbonyl (C=O) groups excluding carboxylic acids is 1. The first-order valence-electron chi connectivity index (χ1n) is 6.53. The summed E-state index contributed by atoms with van der Waals surface area (Å²) in [5.41, 5.74) is -0.103. The number of primary sulfonamides is 1. The third kappa shape index (κ3) is 3.53. The van der Waals surface area contributed by atoms with E-state index in [4.69, 9.17) is 16.7 Å². The van der Waals surface area contributed by atoms with Crippen LogP contribution in [0.3, 0.4) is 0 Å². The molecule has 0 bridgehead atoms. The van der Waals surface area contributed by atoms with Crippen LogP contribution in [0.15, 0.2) is 17.0 Å². The van der Waals surface area contributed by atoms with E-state index >= 15 is 0 Å². The predicted molar refractivity (Wildman–Crippen MR) is 77.1 cm³/mol. The first-order chi connectivity index (χ1) is 9.70. The highest BCUT2D eigenvalue weighted by Crippen LogP contribution is 2.30. The van der Waals surface area contributed by atoms with Crippen molar-refractivity contribution in [1.82, 2.24) is 5.32 Å². The Morgan fingerprint density at radius 1 is 1.48 bits per heavy atom. The summed E-state index contributed by atoms with van der Waals surface area (Å²) >= 11 is 5.82. The van der Waals surface area contributed by atoms with Crippen LogP contribution < -0.4 is 10.5 Å². The molecule has 8 heteroatoms. The summed E-state index contributed by atoms with van der Waals surface area (Å²) in [7, 11) is -4.26. The average Bonchev–Trinajstić information content (AvgIpc) is 2.23. The Balaban J connectivity index is 2.28. The summed E-state index contributed by atoms with van der Waals surface area (Å²) in [6, 6.07) is 1.60. The van der Waals surface area contributed by atoms with Gasteiger partial charge in [-0.15, -0.1) is 0 Å². The molecule has 0 spiro atoms. The molecule has 1 atom stereocenters. The van der Waals surface area contributed by atoms with E-state index in [0.717, 1.165) is 31.4 Å². The van der Waals surface area contributed by atoms with Crippen molar-refractivity contribution in [2.24, 2.45) is 11.1 Å². The molecule has 1 amide bonds. The molecule has 0 saturated heterocycles. The molecule has 0 heterocycles. The molecule has 1 fully saturated rings. The van der Waals surface area contributed by atoms with Crippen LogP contribution in [0.1, 0.15) is 36.5 Å². The lowest BCUT2D eigenvalue weighted by atomic mass is 9.80. The van der Waals surface area contributed by atoms with Crippen molar-refractivity contribution in [3.05, 3.63) is 28.5 Å². The second-order valence-corrected chi connectivity index (χ2v) is 7.20. The lowest BCUT2D eigenvalue weighted by Crippen LogP contribution is -2.40. The number of amides is 1. The number of hydrogen-bond acceptors (Lipinski definition) is 3. The summed E-state index contributed by atoms with van der Waals surface area (Å²) in [5.74, 6) is -1.21. The molecule has 1 aromatic rings. The number of nitrogens with one attached hydrogen (secondary N) is 1. The van der Waals surface area contributed by atoms with Gasteiger partial charge in [-0.2, -0.15) is 0 Å². The second kappa shape index (κ2) is 5.90. The van der Waals surface area contributed by atoms with Crippen LogP contribution in [0.4, 0.5) is 4.39 Å². The minimum absolute atomic E-state index is 0.0506. The van der Waals surface area contributed by atoms with Gasteiger partial charge in [0, 0.05) is 6.04 Å². The van der Waals surface area contributed by atoms with E-state index in [-0.39, 0.29) is 16.6 Å². The monoisotopic (exact) mass is 334 g/mol. The van der Waals surface area contributed by atoms with Gasteiger partial charge < -0.3 is 5.32 Å². The summed E-state index contributed by atoms with van der Waals surface area (Å²) in [6.07, 6.45) is 3.22. The van der Waals surface area contributed by atoms with E-state index < -0.39 is 26.6 Å². The molecule has 116 valence electrons. The predicted octanol–water partition coefficient (Wildman–Crippen LogP) is 2.04. The van der Waals surface area contributed by atoms with Crippen LogP contribution in [0.2, 0.25) is 5.02 Å². The summed E-state index contributed by atoms with van der Waals surface area (Å²) in [4.78, 5) is 11.4. The Hall–Kier alpha value is -1.18. The van der Waals surface area contributed by atoms with E-state index in [0.29, 0.717) is 5.92 Å². The first kappa shape index (κ1) is 16.2. The number of halogens is 2.